The van der Waals surface area contributed by atoms with E-state index in [2.05, 4.69) is 35.5 Å². The average Bonchev–Trinajstić information content (AvgIpc) is 3.39. The summed E-state index contributed by atoms with van der Waals surface area (Å²) >= 11 is 1.30. The SMILES string of the molecule is COC(=O)c1cc(-c2csc(NC(=O)c3n[nH]c4c3CNCC4)n2)c[nH]1. The van der Waals surface area contributed by atoms with Crippen molar-refractivity contribution < 1.29 is 14.3 Å². The molecule has 0 spiro atoms. The number of fused-ring (bicyclic) bond motifs is 1. The Morgan fingerprint density at radius 1 is 1.38 bits per heavy atom. The number of amides is 1. The van der Waals surface area contributed by atoms with Crippen LogP contribution in [0.4, 0.5) is 5.13 Å². The second-order valence-electron chi connectivity index (χ2n) is 5.74. The third-order valence-corrected chi connectivity index (χ3v) is 4.89. The molecule has 4 N–H and O–H groups in total. The molecule has 1 aliphatic rings. The van der Waals surface area contributed by atoms with Crippen molar-refractivity contribution >= 4 is 28.3 Å². The molecule has 0 aromatic carbocycles. The van der Waals surface area contributed by atoms with Gasteiger partial charge in [-0.2, -0.15) is 5.10 Å². The van der Waals surface area contributed by atoms with Crippen molar-refractivity contribution in [2.24, 2.45) is 0 Å². The molecule has 0 saturated carbocycles. The maximum absolute atomic E-state index is 12.5. The number of ether oxygens (including phenoxy) is 1. The predicted octanol–water partition coefficient (Wildman–Crippen LogP) is 1.55. The zero-order chi connectivity index (χ0) is 18.1. The van der Waals surface area contributed by atoms with Gasteiger partial charge in [-0.05, 0) is 6.07 Å². The lowest BCUT2D eigenvalue weighted by Gasteiger charge is -2.12. The van der Waals surface area contributed by atoms with E-state index in [0.29, 0.717) is 28.8 Å². The van der Waals surface area contributed by atoms with E-state index in [1.54, 1.807) is 17.6 Å². The zero-order valence-corrected chi connectivity index (χ0v) is 14.7. The summed E-state index contributed by atoms with van der Waals surface area (Å²) in [5.41, 5.74) is 4.02. The number of nitrogens with one attached hydrogen (secondary N) is 4. The third-order valence-electron chi connectivity index (χ3n) is 4.13. The van der Waals surface area contributed by atoms with E-state index in [0.717, 1.165) is 29.8 Å². The molecule has 0 fully saturated rings. The van der Waals surface area contributed by atoms with Gasteiger partial charge in [-0.15, -0.1) is 11.3 Å². The maximum atomic E-state index is 12.5. The fraction of sp³-hybridized carbons (Fsp3) is 0.250. The quantitative estimate of drug-likeness (QED) is 0.515. The van der Waals surface area contributed by atoms with E-state index in [1.165, 1.54) is 18.4 Å². The molecule has 1 aliphatic heterocycles. The van der Waals surface area contributed by atoms with Gasteiger partial charge in [-0.3, -0.25) is 15.2 Å². The Morgan fingerprint density at radius 3 is 3.12 bits per heavy atom. The summed E-state index contributed by atoms with van der Waals surface area (Å²) in [5.74, 6) is -0.742. The Bertz CT molecular complexity index is 972. The number of aromatic nitrogens is 4. The molecule has 0 unspecified atom stereocenters. The minimum atomic E-state index is -0.447. The van der Waals surface area contributed by atoms with Crippen LogP contribution in [0, 0.1) is 0 Å². The minimum absolute atomic E-state index is 0.295. The molecule has 134 valence electrons. The van der Waals surface area contributed by atoms with Crippen LogP contribution in [0.1, 0.15) is 32.2 Å². The first kappa shape index (κ1) is 16.5. The second kappa shape index (κ2) is 6.73. The standard InChI is InChI=1S/C16H16N6O3S/c1-25-15(24)11-4-8(5-18-11)12-7-26-16(19-12)20-14(23)13-9-6-17-3-2-10(9)21-22-13/h4-5,7,17-18H,2-3,6H2,1H3,(H,21,22)(H,19,20,23). The fourth-order valence-corrected chi connectivity index (χ4v) is 3.52. The monoisotopic (exact) mass is 372 g/mol. The lowest BCUT2D eigenvalue weighted by atomic mass is 10.1. The van der Waals surface area contributed by atoms with Crippen LogP contribution in [0.25, 0.3) is 11.3 Å². The zero-order valence-electron chi connectivity index (χ0n) is 13.9. The average molecular weight is 372 g/mol. The number of carbonyl (C=O) groups excluding carboxylic acids is 2. The van der Waals surface area contributed by atoms with Crippen LogP contribution in [-0.2, 0) is 17.7 Å². The van der Waals surface area contributed by atoms with E-state index in [4.69, 9.17) is 0 Å². The van der Waals surface area contributed by atoms with E-state index < -0.39 is 5.97 Å². The molecular weight excluding hydrogens is 356 g/mol. The number of aromatic amines is 2. The number of carbonyl (C=O) groups is 2. The van der Waals surface area contributed by atoms with Crippen LogP contribution in [0.2, 0.25) is 0 Å². The minimum Gasteiger partial charge on any atom is -0.464 e. The van der Waals surface area contributed by atoms with Gasteiger partial charge >= 0.3 is 5.97 Å². The van der Waals surface area contributed by atoms with Gasteiger partial charge in [0.05, 0.1) is 12.8 Å². The molecule has 26 heavy (non-hydrogen) atoms. The van der Waals surface area contributed by atoms with Crippen molar-refractivity contribution in [1.82, 2.24) is 25.5 Å². The summed E-state index contributed by atoms with van der Waals surface area (Å²) in [4.78, 5) is 31.3. The smallest absolute Gasteiger partial charge is 0.354 e. The molecule has 0 radical (unpaired) electrons. The van der Waals surface area contributed by atoms with Gasteiger partial charge in [-0.1, -0.05) is 0 Å². The summed E-state index contributed by atoms with van der Waals surface area (Å²) in [6, 6.07) is 1.66. The molecular formula is C16H16N6O3S. The number of anilines is 1. The van der Waals surface area contributed by atoms with Gasteiger partial charge in [0.15, 0.2) is 10.8 Å². The fourth-order valence-electron chi connectivity index (χ4n) is 2.80. The van der Waals surface area contributed by atoms with E-state index in [-0.39, 0.29) is 5.91 Å². The van der Waals surface area contributed by atoms with Crippen LogP contribution in [-0.4, -0.2) is 45.7 Å². The molecule has 0 aliphatic carbocycles. The van der Waals surface area contributed by atoms with E-state index in [9.17, 15) is 9.59 Å². The molecule has 3 aromatic rings. The van der Waals surface area contributed by atoms with Crippen LogP contribution >= 0.6 is 11.3 Å². The Labute approximate surface area is 152 Å². The number of nitrogens with zero attached hydrogens (tertiary/aromatic N) is 2. The first-order valence-corrected chi connectivity index (χ1v) is 8.84. The van der Waals surface area contributed by atoms with Crippen LogP contribution in [0.5, 0.6) is 0 Å². The lowest BCUT2D eigenvalue weighted by Crippen LogP contribution is -2.25. The van der Waals surface area contributed by atoms with E-state index >= 15 is 0 Å². The van der Waals surface area contributed by atoms with Crippen LogP contribution in [0.3, 0.4) is 0 Å². The maximum Gasteiger partial charge on any atom is 0.354 e. The molecule has 3 aromatic heterocycles. The van der Waals surface area contributed by atoms with Crippen molar-refractivity contribution in [3.8, 4) is 11.3 Å². The van der Waals surface area contributed by atoms with Gasteiger partial charge < -0.3 is 15.0 Å². The highest BCUT2D eigenvalue weighted by Gasteiger charge is 2.22. The highest BCUT2D eigenvalue weighted by molar-refractivity contribution is 7.14. The molecule has 1 amide bonds. The summed E-state index contributed by atoms with van der Waals surface area (Å²) < 4.78 is 4.67. The summed E-state index contributed by atoms with van der Waals surface area (Å²) in [5, 5.41) is 15.3. The number of thiazole rings is 1. The van der Waals surface area contributed by atoms with Crippen molar-refractivity contribution in [2.75, 3.05) is 19.0 Å². The summed E-state index contributed by atoms with van der Waals surface area (Å²) in [7, 11) is 1.32. The topological polar surface area (TPSA) is 125 Å². The van der Waals surface area contributed by atoms with Gasteiger partial charge in [-0.25, -0.2) is 9.78 Å². The van der Waals surface area contributed by atoms with Gasteiger partial charge in [0, 0.05) is 47.9 Å². The summed E-state index contributed by atoms with van der Waals surface area (Å²) in [6.45, 7) is 1.49. The number of hydrogen-bond acceptors (Lipinski definition) is 7. The Morgan fingerprint density at radius 2 is 2.27 bits per heavy atom. The van der Waals surface area contributed by atoms with Gasteiger partial charge in [0.25, 0.3) is 5.91 Å². The second-order valence-corrected chi connectivity index (χ2v) is 6.60. The molecule has 9 nitrogen and oxygen atoms in total. The Balaban J connectivity index is 1.50. The molecule has 4 heterocycles. The number of hydrogen-bond donors (Lipinski definition) is 4. The predicted molar refractivity (Wildman–Crippen MR) is 95.2 cm³/mol. The largest absolute Gasteiger partial charge is 0.464 e. The van der Waals surface area contributed by atoms with Gasteiger partial charge in [0.2, 0.25) is 0 Å². The van der Waals surface area contributed by atoms with Crippen molar-refractivity contribution in [2.45, 2.75) is 13.0 Å². The highest BCUT2D eigenvalue weighted by Crippen LogP contribution is 2.26. The first-order valence-electron chi connectivity index (χ1n) is 7.96. The molecule has 10 heteroatoms. The Hall–Kier alpha value is -2.98. The number of methoxy groups -OCH3 is 1. The number of esters is 1. The van der Waals surface area contributed by atoms with Gasteiger partial charge in [0.1, 0.15) is 5.69 Å². The van der Waals surface area contributed by atoms with Crippen molar-refractivity contribution in [3.63, 3.8) is 0 Å². The molecule has 0 bridgehead atoms. The van der Waals surface area contributed by atoms with Crippen molar-refractivity contribution in [1.29, 1.82) is 0 Å². The van der Waals surface area contributed by atoms with Crippen LogP contribution < -0.4 is 10.6 Å². The first-order chi connectivity index (χ1) is 12.7. The normalized spacial score (nSPS) is 13.3. The molecule has 0 saturated heterocycles. The highest BCUT2D eigenvalue weighted by atomic mass is 32.1. The molecule has 4 rings (SSSR count). The third kappa shape index (κ3) is 3.00. The van der Waals surface area contributed by atoms with Crippen LogP contribution in [0.15, 0.2) is 17.6 Å². The molecule has 0 atom stereocenters. The Kier molecular flexibility index (Phi) is 4.27. The number of rotatable bonds is 4. The van der Waals surface area contributed by atoms with E-state index in [1.807, 2.05) is 0 Å². The summed E-state index contributed by atoms with van der Waals surface area (Å²) in [6.07, 6.45) is 2.50. The number of H-pyrrole nitrogens is 2. The lowest BCUT2D eigenvalue weighted by molar-refractivity contribution is 0.0594. The van der Waals surface area contributed by atoms with Crippen molar-refractivity contribution in [3.05, 3.63) is 40.3 Å².